The number of nitrogens with one attached hydrogen (secondary N) is 1. The fourth-order valence-corrected chi connectivity index (χ4v) is 5.58. The molecule has 2 nitrogen and oxygen atoms in total. The molecule has 1 aromatic rings. The van der Waals surface area contributed by atoms with Crippen LogP contribution in [0.5, 0.6) is 0 Å². The quantitative estimate of drug-likeness (QED) is 0.847. The second-order valence-corrected chi connectivity index (χ2v) is 8.28. The number of hydrogen-bond acceptors (Lipinski definition) is 3. The summed E-state index contributed by atoms with van der Waals surface area (Å²) in [7, 11) is 0. The fraction of sp³-hybridized carbons (Fsp3) is 0.778. The molecule has 2 bridgehead atoms. The number of piperidine rings is 1. The van der Waals surface area contributed by atoms with Crippen molar-refractivity contribution >= 4 is 11.3 Å². The first kappa shape index (κ1) is 14.2. The van der Waals surface area contributed by atoms with Gasteiger partial charge in [0.1, 0.15) is 0 Å². The Morgan fingerprint density at radius 3 is 2.57 bits per heavy atom. The van der Waals surface area contributed by atoms with Crippen LogP contribution in [0.4, 0.5) is 0 Å². The first-order valence-corrected chi connectivity index (χ1v) is 9.78. The van der Waals surface area contributed by atoms with Gasteiger partial charge >= 0.3 is 0 Å². The van der Waals surface area contributed by atoms with Crippen molar-refractivity contribution in [2.45, 2.75) is 76.0 Å². The molecule has 3 heteroatoms. The van der Waals surface area contributed by atoms with Gasteiger partial charge in [-0.25, -0.2) is 0 Å². The topological polar surface area (TPSA) is 15.3 Å². The SMILES string of the molecule is CCCN(C1CC2CCC(C1)N2)C(c1cccs1)C1CC1. The summed E-state index contributed by atoms with van der Waals surface area (Å²) in [5.74, 6) is 0.933. The normalized spacial score (nSPS) is 33.5. The van der Waals surface area contributed by atoms with Crippen molar-refractivity contribution < 1.29 is 0 Å². The van der Waals surface area contributed by atoms with E-state index in [1.807, 2.05) is 11.3 Å². The summed E-state index contributed by atoms with van der Waals surface area (Å²) in [6, 6.07) is 7.76. The van der Waals surface area contributed by atoms with E-state index in [1.54, 1.807) is 4.88 Å². The van der Waals surface area contributed by atoms with Crippen molar-refractivity contribution in [3.05, 3.63) is 22.4 Å². The molecule has 1 N–H and O–H groups in total. The summed E-state index contributed by atoms with van der Waals surface area (Å²) in [6.45, 7) is 3.63. The van der Waals surface area contributed by atoms with E-state index in [4.69, 9.17) is 0 Å². The van der Waals surface area contributed by atoms with Gasteiger partial charge in [0.15, 0.2) is 0 Å². The molecule has 0 amide bonds. The number of rotatable bonds is 6. The third-order valence-electron chi connectivity index (χ3n) is 5.66. The number of hydrogen-bond donors (Lipinski definition) is 1. The summed E-state index contributed by atoms with van der Waals surface area (Å²) in [4.78, 5) is 4.53. The van der Waals surface area contributed by atoms with Crippen LogP contribution in [-0.2, 0) is 0 Å². The minimum atomic E-state index is 0.715. The van der Waals surface area contributed by atoms with Gasteiger partial charge in [0.25, 0.3) is 0 Å². The molecule has 116 valence electrons. The minimum Gasteiger partial charge on any atom is -0.311 e. The Kier molecular flexibility index (Phi) is 4.08. The maximum Gasteiger partial charge on any atom is 0.0472 e. The maximum absolute atomic E-state index is 3.81. The molecule has 0 aromatic carbocycles. The molecule has 3 aliphatic rings. The van der Waals surface area contributed by atoms with Gasteiger partial charge in [-0.05, 0) is 68.9 Å². The molecule has 3 heterocycles. The molecule has 1 saturated carbocycles. The van der Waals surface area contributed by atoms with Crippen LogP contribution in [0.1, 0.15) is 62.8 Å². The zero-order valence-electron chi connectivity index (χ0n) is 13.1. The molecule has 1 aliphatic carbocycles. The zero-order valence-corrected chi connectivity index (χ0v) is 13.9. The number of fused-ring (bicyclic) bond motifs is 2. The highest BCUT2D eigenvalue weighted by atomic mass is 32.1. The predicted molar refractivity (Wildman–Crippen MR) is 89.7 cm³/mol. The van der Waals surface area contributed by atoms with Crippen molar-refractivity contribution in [3.63, 3.8) is 0 Å². The van der Waals surface area contributed by atoms with E-state index < -0.39 is 0 Å². The Labute approximate surface area is 132 Å². The van der Waals surface area contributed by atoms with E-state index in [0.717, 1.165) is 24.0 Å². The van der Waals surface area contributed by atoms with Crippen LogP contribution in [0.15, 0.2) is 17.5 Å². The lowest BCUT2D eigenvalue weighted by Gasteiger charge is -2.42. The largest absolute Gasteiger partial charge is 0.311 e. The Balaban J connectivity index is 1.57. The standard InChI is InChI=1S/C18H28N2S/c1-2-9-20(16-11-14-7-8-15(12-16)19-14)18(13-5-6-13)17-4-3-10-21-17/h3-4,10,13-16,18-19H,2,5-9,11-12H2,1H3. The van der Waals surface area contributed by atoms with Gasteiger partial charge in [-0.15, -0.1) is 11.3 Å². The van der Waals surface area contributed by atoms with Crippen LogP contribution in [0.3, 0.4) is 0 Å². The molecule has 4 rings (SSSR count). The van der Waals surface area contributed by atoms with E-state index in [0.29, 0.717) is 6.04 Å². The van der Waals surface area contributed by atoms with Crippen LogP contribution in [0.25, 0.3) is 0 Å². The van der Waals surface area contributed by atoms with Crippen molar-refractivity contribution in [1.29, 1.82) is 0 Å². The van der Waals surface area contributed by atoms with Gasteiger partial charge in [-0.2, -0.15) is 0 Å². The van der Waals surface area contributed by atoms with Gasteiger partial charge in [0.05, 0.1) is 0 Å². The summed E-state index contributed by atoms with van der Waals surface area (Å²) in [6.07, 6.45) is 9.76. The molecule has 0 spiro atoms. The van der Waals surface area contributed by atoms with E-state index in [-0.39, 0.29) is 0 Å². The van der Waals surface area contributed by atoms with Crippen molar-refractivity contribution in [1.82, 2.24) is 10.2 Å². The molecule has 1 aromatic heterocycles. The first-order valence-electron chi connectivity index (χ1n) is 8.90. The minimum absolute atomic E-state index is 0.715. The summed E-state index contributed by atoms with van der Waals surface area (Å²) in [5.41, 5.74) is 0. The van der Waals surface area contributed by atoms with E-state index in [2.05, 4.69) is 34.7 Å². The van der Waals surface area contributed by atoms with Gasteiger partial charge in [0.2, 0.25) is 0 Å². The average molecular weight is 305 g/mol. The highest BCUT2D eigenvalue weighted by Crippen LogP contribution is 2.48. The molecule has 2 aliphatic heterocycles. The van der Waals surface area contributed by atoms with Crippen LogP contribution >= 0.6 is 11.3 Å². The van der Waals surface area contributed by atoms with Crippen LogP contribution in [-0.4, -0.2) is 29.6 Å². The lowest BCUT2D eigenvalue weighted by molar-refractivity contribution is 0.0832. The zero-order chi connectivity index (χ0) is 14.2. The van der Waals surface area contributed by atoms with Gasteiger partial charge in [-0.3, -0.25) is 4.90 Å². The third-order valence-corrected chi connectivity index (χ3v) is 6.60. The molecule has 2 saturated heterocycles. The second-order valence-electron chi connectivity index (χ2n) is 7.30. The second kappa shape index (κ2) is 6.02. The van der Waals surface area contributed by atoms with Crippen LogP contribution < -0.4 is 5.32 Å². The average Bonchev–Trinajstić information content (AvgIpc) is 3.07. The Morgan fingerprint density at radius 2 is 2.00 bits per heavy atom. The molecule has 0 radical (unpaired) electrons. The first-order chi connectivity index (χ1) is 10.3. The molecule has 21 heavy (non-hydrogen) atoms. The van der Waals surface area contributed by atoms with Crippen molar-refractivity contribution in [2.24, 2.45) is 5.92 Å². The Hall–Kier alpha value is -0.380. The van der Waals surface area contributed by atoms with Crippen molar-refractivity contribution in [2.75, 3.05) is 6.54 Å². The smallest absolute Gasteiger partial charge is 0.0472 e. The highest BCUT2D eigenvalue weighted by molar-refractivity contribution is 7.10. The third kappa shape index (κ3) is 2.93. The summed E-state index contributed by atoms with van der Waals surface area (Å²) < 4.78 is 0. The lowest BCUT2D eigenvalue weighted by Crippen LogP contribution is -2.49. The molecule has 3 atom stereocenters. The summed E-state index contributed by atoms with van der Waals surface area (Å²) >= 11 is 1.98. The Bertz CT molecular complexity index is 442. The van der Waals surface area contributed by atoms with E-state index in [1.165, 1.54) is 51.5 Å². The Morgan fingerprint density at radius 1 is 1.24 bits per heavy atom. The monoisotopic (exact) mass is 304 g/mol. The van der Waals surface area contributed by atoms with Gasteiger partial charge < -0.3 is 5.32 Å². The number of thiophene rings is 1. The van der Waals surface area contributed by atoms with Gasteiger partial charge in [-0.1, -0.05) is 13.0 Å². The highest BCUT2D eigenvalue weighted by Gasteiger charge is 2.43. The molecular weight excluding hydrogens is 276 g/mol. The molecule has 3 unspecified atom stereocenters. The van der Waals surface area contributed by atoms with E-state index >= 15 is 0 Å². The summed E-state index contributed by atoms with van der Waals surface area (Å²) in [5, 5.41) is 6.08. The maximum atomic E-state index is 3.81. The van der Waals surface area contributed by atoms with Crippen LogP contribution in [0.2, 0.25) is 0 Å². The van der Waals surface area contributed by atoms with Crippen LogP contribution in [0, 0.1) is 5.92 Å². The molecular formula is C18H28N2S. The van der Waals surface area contributed by atoms with Crippen molar-refractivity contribution in [3.8, 4) is 0 Å². The lowest BCUT2D eigenvalue weighted by atomic mass is 9.94. The van der Waals surface area contributed by atoms with E-state index in [9.17, 15) is 0 Å². The fourth-order valence-electron chi connectivity index (χ4n) is 4.64. The molecule has 3 fully saturated rings. The predicted octanol–water partition coefficient (Wildman–Crippen LogP) is 4.19. The number of nitrogens with zero attached hydrogens (tertiary/aromatic N) is 1. The van der Waals surface area contributed by atoms with Gasteiger partial charge in [0, 0.05) is 29.0 Å².